The van der Waals surface area contributed by atoms with E-state index >= 15 is 0 Å². The van der Waals surface area contributed by atoms with E-state index in [1.165, 1.54) is 32.1 Å². The van der Waals surface area contributed by atoms with E-state index in [1.54, 1.807) is 0 Å². The molecule has 2 heterocycles. The lowest BCUT2D eigenvalue weighted by molar-refractivity contribution is 0.0876. The van der Waals surface area contributed by atoms with Gasteiger partial charge in [-0.1, -0.05) is 6.42 Å². The second-order valence-corrected chi connectivity index (χ2v) is 6.98. The van der Waals surface area contributed by atoms with Gasteiger partial charge in [0.05, 0.1) is 13.2 Å². The molecule has 5 heteroatoms. The van der Waals surface area contributed by atoms with Gasteiger partial charge < -0.3 is 19.7 Å². The average Bonchev–Trinajstić information content (AvgIpc) is 3.20. The lowest BCUT2D eigenvalue weighted by Crippen LogP contribution is -2.50. The first-order valence-electron chi connectivity index (χ1n) is 9.04. The normalized spacial score (nSPS) is 31.3. The molecular weight excluding hydrogens is 280 g/mol. The van der Waals surface area contributed by atoms with Gasteiger partial charge in [0.2, 0.25) is 0 Å². The van der Waals surface area contributed by atoms with Crippen LogP contribution >= 0.6 is 0 Å². The smallest absolute Gasteiger partial charge is 0.317 e. The SMILES string of the molecule is O=C(NCCCOC[C@@H]1CCOC1)N1CCC[C@@H]2CCC[C@H]21. The Morgan fingerprint density at radius 2 is 2.14 bits per heavy atom. The number of carbonyl (C=O) groups excluding carboxylic acids is 1. The Morgan fingerprint density at radius 3 is 3.00 bits per heavy atom. The Balaban J connectivity index is 1.27. The number of urea groups is 1. The summed E-state index contributed by atoms with van der Waals surface area (Å²) in [7, 11) is 0. The summed E-state index contributed by atoms with van der Waals surface area (Å²) in [5.74, 6) is 1.33. The van der Waals surface area contributed by atoms with Crippen LogP contribution in [0.2, 0.25) is 0 Å². The van der Waals surface area contributed by atoms with Crippen LogP contribution in [0.25, 0.3) is 0 Å². The van der Waals surface area contributed by atoms with E-state index in [1.807, 2.05) is 0 Å². The Morgan fingerprint density at radius 1 is 1.23 bits per heavy atom. The van der Waals surface area contributed by atoms with Gasteiger partial charge >= 0.3 is 6.03 Å². The van der Waals surface area contributed by atoms with Crippen molar-refractivity contribution in [3.8, 4) is 0 Å². The topological polar surface area (TPSA) is 50.8 Å². The molecule has 0 aromatic rings. The van der Waals surface area contributed by atoms with Crippen molar-refractivity contribution in [3.63, 3.8) is 0 Å². The fraction of sp³-hybridized carbons (Fsp3) is 0.941. The maximum Gasteiger partial charge on any atom is 0.317 e. The zero-order valence-electron chi connectivity index (χ0n) is 13.6. The van der Waals surface area contributed by atoms with Crippen molar-refractivity contribution >= 4 is 6.03 Å². The van der Waals surface area contributed by atoms with Crippen LogP contribution < -0.4 is 5.32 Å². The molecular formula is C17H30N2O3. The van der Waals surface area contributed by atoms with Gasteiger partial charge in [0, 0.05) is 38.3 Å². The number of amides is 2. The van der Waals surface area contributed by atoms with E-state index in [4.69, 9.17) is 9.47 Å². The number of likely N-dealkylation sites (tertiary alicyclic amines) is 1. The summed E-state index contributed by atoms with van der Waals surface area (Å²) in [6, 6.07) is 0.646. The summed E-state index contributed by atoms with van der Waals surface area (Å²) in [6.45, 7) is 4.89. The van der Waals surface area contributed by atoms with Crippen molar-refractivity contribution in [2.75, 3.05) is 39.5 Å². The highest BCUT2D eigenvalue weighted by atomic mass is 16.5. The molecule has 2 amide bonds. The van der Waals surface area contributed by atoms with E-state index < -0.39 is 0 Å². The first-order chi connectivity index (χ1) is 10.8. The van der Waals surface area contributed by atoms with E-state index in [2.05, 4.69) is 10.2 Å². The molecule has 1 N–H and O–H groups in total. The maximum absolute atomic E-state index is 12.3. The van der Waals surface area contributed by atoms with Crippen molar-refractivity contribution in [2.45, 2.75) is 51.0 Å². The molecule has 3 atom stereocenters. The Hall–Kier alpha value is -0.810. The monoisotopic (exact) mass is 310 g/mol. The third kappa shape index (κ3) is 4.13. The maximum atomic E-state index is 12.3. The zero-order valence-corrected chi connectivity index (χ0v) is 13.6. The van der Waals surface area contributed by atoms with Crippen molar-refractivity contribution in [2.24, 2.45) is 11.8 Å². The zero-order chi connectivity index (χ0) is 15.2. The molecule has 1 aliphatic carbocycles. The van der Waals surface area contributed by atoms with Gasteiger partial charge in [0.1, 0.15) is 0 Å². The fourth-order valence-corrected chi connectivity index (χ4v) is 4.14. The van der Waals surface area contributed by atoms with Crippen molar-refractivity contribution in [3.05, 3.63) is 0 Å². The van der Waals surface area contributed by atoms with Crippen molar-refractivity contribution < 1.29 is 14.3 Å². The van der Waals surface area contributed by atoms with Gasteiger partial charge in [0.15, 0.2) is 0 Å². The number of piperidine rings is 1. The molecule has 0 unspecified atom stereocenters. The standard InChI is InChI=1S/C17H30N2O3/c20-17(19-9-2-5-15-4-1-6-16(15)19)18-8-3-10-21-12-14-7-11-22-13-14/h14-16H,1-13H2,(H,18,20)/t14-,15-,16+/m0/s1. The molecule has 0 aromatic carbocycles. The number of hydrogen-bond acceptors (Lipinski definition) is 3. The largest absolute Gasteiger partial charge is 0.381 e. The minimum atomic E-state index is 0.140. The molecule has 3 aliphatic rings. The molecule has 22 heavy (non-hydrogen) atoms. The first-order valence-corrected chi connectivity index (χ1v) is 9.04. The lowest BCUT2D eigenvalue weighted by Gasteiger charge is -2.37. The van der Waals surface area contributed by atoms with Crippen LogP contribution in [0, 0.1) is 11.8 Å². The second-order valence-electron chi connectivity index (χ2n) is 6.98. The highest BCUT2D eigenvalue weighted by molar-refractivity contribution is 5.74. The highest BCUT2D eigenvalue weighted by Gasteiger charge is 2.37. The molecule has 2 aliphatic heterocycles. The lowest BCUT2D eigenvalue weighted by atomic mass is 9.92. The molecule has 3 fully saturated rings. The number of nitrogens with zero attached hydrogens (tertiary/aromatic N) is 1. The summed E-state index contributed by atoms with van der Waals surface area (Å²) in [5.41, 5.74) is 0. The summed E-state index contributed by atoms with van der Waals surface area (Å²) < 4.78 is 11.0. The van der Waals surface area contributed by atoms with Gasteiger partial charge in [-0.3, -0.25) is 0 Å². The number of ether oxygens (including phenoxy) is 2. The Bertz CT molecular complexity index is 358. The number of rotatable bonds is 6. The summed E-state index contributed by atoms with van der Waals surface area (Å²) in [4.78, 5) is 14.4. The third-order valence-corrected chi connectivity index (χ3v) is 5.37. The van der Waals surface area contributed by atoms with Crippen LogP contribution in [0.5, 0.6) is 0 Å². The molecule has 0 radical (unpaired) electrons. The molecule has 3 rings (SSSR count). The number of carbonyl (C=O) groups is 1. The van der Waals surface area contributed by atoms with Crippen LogP contribution in [-0.2, 0) is 9.47 Å². The van der Waals surface area contributed by atoms with E-state index in [0.717, 1.165) is 51.7 Å². The summed E-state index contributed by atoms with van der Waals surface area (Å²) in [5, 5.41) is 3.08. The number of nitrogens with one attached hydrogen (secondary N) is 1. The summed E-state index contributed by atoms with van der Waals surface area (Å²) in [6.07, 6.45) is 8.29. The van der Waals surface area contributed by atoms with E-state index in [9.17, 15) is 4.79 Å². The van der Waals surface area contributed by atoms with Gasteiger partial charge in [-0.2, -0.15) is 0 Å². The molecule has 1 saturated carbocycles. The van der Waals surface area contributed by atoms with Crippen LogP contribution in [-0.4, -0.2) is 56.5 Å². The van der Waals surface area contributed by atoms with Crippen LogP contribution in [0.3, 0.4) is 0 Å². The highest BCUT2D eigenvalue weighted by Crippen LogP contribution is 2.36. The van der Waals surface area contributed by atoms with Crippen LogP contribution in [0.15, 0.2) is 0 Å². The van der Waals surface area contributed by atoms with E-state index in [0.29, 0.717) is 18.5 Å². The molecule has 0 bridgehead atoms. The van der Waals surface area contributed by atoms with Gasteiger partial charge in [0.25, 0.3) is 0 Å². The Labute approximate surface area is 133 Å². The predicted octanol–water partition coefficient (Wildman–Crippen LogP) is 2.40. The van der Waals surface area contributed by atoms with Gasteiger partial charge in [-0.05, 0) is 44.4 Å². The number of hydrogen-bond donors (Lipinski definition) is 1. The fourth-order valence-electron chi connectivity index (χ4n) is 4.14. The van der Waals surface area contributed by atoms with Gasteiger partial charge in [-0.25, -0.2) is 4.79 Å². The first kappa shape index (κ1) is 16.1. The van der Waals surface area contributed by atoms with Gasteiger partial charge in [-0.15, -0.1) is 0 Å². The third-order valence-electron chi connectivity index (χ3n) is 5.37. The molecule has 0 spiro atoms. The number of fused-ring (bicyclic) bond motifs is 1. The second kappa shape index (κ2) is 8.16. The predicted molar refractivity (Wildman–Crippen MR) is 84.8 cm³/mol. The van der Waals surface area contributed by atoms with Crippen LogP contribution in [0.1, 0.15) is 44.9 Å². The van der Waals surface area contributed by atoms with Crippen LogP contribution in [0.4, 0.5) is 4.79 Å². The molecule has 0 aromatic heterocycles. The Kier molecular flexibility index (Phi) is 5.96. The average molecular weight is 310 g/mol. The molecule has 126 valence electrons. The van der Waals surface area contributed by atoms with E-state index in [-0.39, 0.29) is 6.03 Å². The minimum absolute atomic E-state index is 0.140. The van der Waals surface area contributed by atoms with Crippen molar-refractivity contribution in [1.82, 2.24) is 10.2 Å². The molecule has 2 saturated heterocycles. The molecule has 5 nitrogen and oxygen atoms in total. The van der Waals surface area contributed by atoms with Crippen molar-refractivity contribution in [1.29, 1.82) is 0 Å². The quantitative estimate of drug-likeness (QED) is 0.767. The minimum Gasteiger partial charge on any atom is -0.381 e. The summed E-state index contributed by atoms with van der Waals surface area (Å²) >= 11 is 0.